The first kappa shape index (κ1) is 36.1. The van der Waals surface area contributed by atoms with Gasteiger partial charge in [-0.2, -0.15) is 4.31 Å². The third kappa shape index (κ3) is 8.13. The Morgan fingerprint density at radius 2 is 1.88 bits per heavy atom. The highest BCUT2D eigenvalue weighted by Gasteiger charge is 2.55. The van der Waals surface area contributed by atoms with Crippen molar-refractivity contribution < 1.29 is 37.3 Å². The lowest BCUT2D eigenvalue weighted by atomic mass is 9.87. The highest BCUT2D eigenvalue weighted by atomic mass is 32.2. The molecule has 0 radical (unpaired) electrons. The normalized spacial score (nSPS) is 29.1. The zero-order valence-corrected chi connectivity index (χ0v) is 31.1. The number of amides is 1. The predicted molar refractivity (Wildman–Crippen MR) is 197 cm³/mol. The van der Waals surface area contributed by atoms with Crippen molar-refractivity contribution in [2.75, 3.05) is 38.2 Å². The third-order valence-corrected chi connectivity index (χ3v) is 14.2. The van der Waals surface area contributed by atoms with E-state index >= 15 is 0 Å². The number of hydrogen-bond acceptors (Lipinski definition) is 11. The molecule has 0 spiro atoms. The van der Waals surface area contributed by atoms with E-state index in [4.69, 9.17) is 23.9 Å². The van der Waals surface area contributed by atoms with Crippen LogP contribution in [0.15, 0.2) is 47.4 Å². The molecule has 282 valence electrons. The quantitative estimate of drug-likeness (QED) is 0.258. The Balaban J connectivity index is 1.04. The van der Waals surface area contributed by atoms with Crippen LogP contribution in [0.3, 0.4) is 0 Å². The number of sulfonamides is 1. The van der Waals surface area contributed by atoms with Crippen molar-refractivity contribution >= 4 is 42.8 Å². The number of rotatable bonds is 9. The molecule has 8 rings (SSSR count). The number of fused-ring (bicyclic) bond motifs is 2. The van der Waals surface area contributed by atoms with Crippen LogP contribution < -0.4 is 10.6 Å². The molecule has 2 saturated heterocycles. The molecule has 0 unspecified atom stereocenters. The molecule has 14 heteroatoms. The van der Waals surface area contributed by atoms with Gasteiger partial charge in [-0.05, 0) is 74.1 Å². The Bertz CT molecular complexity index is 1800. The molecule has 52 heavy (non-hydrogen) atoms. The van der Waals surface area contributed by atoms with Crippen molar-refractivity contribution in [2.24, 2.45) is 17.8 Å². The number of thiazole rings is 1. The maximum Gasteiger partial charge on any atom is 0.407 e. The van der Waals surface area contributed by atoms with Crippen LogP contribution >= 0.6 is 11.3 Å². The minimum absolute atomic E-state index is 0.150. The second-order valence-electron chi connectivity index (χ2n) is 15.1. The van der Waals surface area contributed by atoms with Crippen molar-refractivity contribution in [3.8, 4) is 0 Å². The summed E-state index contributed by atoms with van der Waals surface area (Å²) in [5.74, 6) is 0.685. The fraction of sp³-hybridized carbons (Fsp3) is 0.632. The van der Waals surface area contributed by atoms with Gasteiger partial charge in [0.15, 0.2) is 11.4 Å². The zero-order chi connectivity index (χ0) is 35.7. The van der Waals surface area contributed by atoms with E-state index in [0.717, 1.165) is 72.3 Å². The maximum absolute atomic E-state index is 14.7. The summed E-state index contributed by atoms with van der Waals surface area (Å²) in [6, 6.07) is 12.8. The molecule has 12 nitrogen and oxygen atoms in total. The Kier molecular flexibility index (Phi) is 11.0. The number of benzene rings is 2. The molecule has 3 N–H and O–H groups in total. The highest BCUT2D eigenvalue weighted by Crippen LogP contribution is 2.50. The van der Waals surface area contributed by atoms with Crippen LogP contribution in [0.2, 0.25) is 0 Å². The van der Waals surface area contributed by atoms with Crippen LogP contribution in [0, 0.1) is 17.8 Å². The summed E-state index contributed by atoms with van der Waals surface area (Å²) >= 11 is 1.45. The van der Waals surface area contributed by atoms with Crippen molar-refractivity contribution in [3.63, 3.8) is 0 Å². The van der Waals surface area contributed by atoms with E-state index in [1.807, 2.05) is 36.4 Å². The van der Waals surface area contributed by atoms with Crippen LogP contribution in [0.1, 0.15) is 68.9 Å². The fourth-order valence-electron chi connectivity index (χ4n) is 8.43. The number of aromatic nitrogens is 1. The van der Waals surface area contributed by atoms with Gasteiger partial charge in [0.25, 0.3) is 0 Å². The third-order valence-electron chi connectivity index (χ3n) is 11.3. The van der Waals surface area contributed by atoms with Gasteiger partial charge in [0.1, 0.15) is 6.10 Å². The molecule has 5 aliphatic rings. The monoisotopic (exact) mass is 754 g/mol. The second kappa shape index (κ2) is 15.9. The minimum Gasteiger partial charge on any atom is -0.446 e. The van der Waals surface area contributed by atoms with Gasteiger partial charge < -0.3 is 34.7 Å². The number of aliphatic hydroxyl groups is 1. The lowest BCUT2D eigenvalue weighted by molar-refractivity contribution is -0.173. The Morgan fingerprint density at radius 3 is 2.73 bits per heavy atom. The first-order valence-corrected chi connectivity index (χ1v) is 21.3. The van der Waals surface area contributed by atoms with Crippen LogP contribution in [-0.2, 0) is 42.0 Å². The summed E-state index contributed by atoms with van der Waals surface area (Å²) in [6.07, 6.45) is 6.11. The lowest BCUT2D eigenvalue weighted by Crippen LogP contribution is -2.51. The lowest BCUT2D eigenvalue weighted by Gasteiger charge is -2.33. The summed E-state index contributed by atoms with van der Waals surface area (Å²) in [4.78, 5) is 18.5. The van der Waals surface area contributed by atoms with Gasteiger partial charge in [-0.3, -0.25) is 0 Å². The number of nitrogens with one attached hydrogen (secondary N) is 2. The van der Waals surface area contributed by atoms with Gasteiger partial charge >= 0.3 is 6.09 Å². The summed E-state index contributed by atoms with van der Waals surface area (Å²) in [6.45, 7) is 1.94. The molecule has 7 atom stereocenters. The van der Waals surface area contributed by atoms with Crippen molar-refractivity contribution in [1.29, 1.82) is 0 Å². The second-order valence-corrected chi connectivity index (χ2v) is 18.0. The van der Waals surface area contributed by atoms with E-state index in [9.17, 15) is 18.3 Å². The van der Waals surface area contributed by atoms with Gasteiger partial charge in [0.05, 0.1) is 47.1 Å². The Morgan fingerprint density at radius 1 is 1.06 bits per heavy atom. The number of carbonyl (C=O) groups excluding carboxylic acids is 1. The van der Waals surface area contributed by atoms with Crippen LogP contribution in [0.25, 0.3) is 10.2 Å². The van der Waals surface area contributed by atoms with E-state index in [1.54, 1.807) is 6.07 Å². The van der Waals surface area contributed by atoms with Crippen LogP contribution in [-0.4, -0.2) is 92.4 Å². The Hall–Kier alpha value is -2.85. The van der Waals surface area contributed by atoms with Gasteiger partial charge in [-0.1, -0.05) is 60.9 Å². The first-order chi connectivity index (χ1) is 25.3. The molecule has 3 aromatic rings. The standard InChI is InChI=1S/C38H50N4O8S2/c43-31(29(17-24-9-5-4-6-10-24)41-38(44)50-32-19-26-23-49-36-35(26)28(32)13-16-48-36)21-42-14-7-2-1-3-8-15-47-22-25-18-30-33(20-34(25)52(42,45)46)51-37(40-30)39-27-11-12-27/h4-6,9-10,18,20,26-29,31-32,35-36,43H,1-3,7-8,11-17,19,21-23H2,(H,39,40)(H,41,44)/t26-,28-,29-,31+,32-,35+,36+/m0/s1. The first-order valence-electron chi connectivity index (χ1n) is 19.0. The fourth-order valence-corrected chi connectivity index (χ4v) is 11.2. The van der Waals surface area contributed by atoms with Crippen molar-refractivity contribution in [3.05, 3.63) is 53.6 Å². The van der Waals surface area contributed by atoms with Gasteiger partial charge in [0, 0.05) is 37.6 Å². The molecule has 2 saturated carbocycles. The van der Waals surface area contributed by atoms with Crippen molar-refractivity contribution in [2.45, 2.75) is 106 Å². The topological polar surface area (TPSA) is 149 Å². The van der Waals surface area contributed by atoms with Crippen LogP contribution in [0.4, 0.5) is 9.93 Å². The van der Waals surface area contributed by atoms with Gasteiger partial charge in [-0.25, -0.2) is 18.2 Å². The molecule has 1 amide bonds. The SMILES string of the molecule is O=C(N[C@@H](Cc1ccccc1)[C@H](O)CN1CCCCCCCOCc2cc3nc(NC4CC4)sc3cc2S1(=O)=O)O[C@H]1C[C@H]2CO[C@H]3OCC[C@@H]1[C@@H]23. The molecule has 4 fully saturated rings. The Labute approximate surface area is 309 Å². The molecule has 1 aromatic heterocycles. The largest absolute Gasteiger partial charge is 0.446 e. The molecular weight excluding hydrogens is 705 g/mol. The molecule has 3 aliphatic heterocycles. The maximum atomic E-state index is 14.7. The summed E-state index contributed by atoms with van der Waals surface area (Å²) < 4.78 is 55.4. The molecule has 2 aliphatic carbocycles. The molecule has 2 aromatic carbocycles. The number of ether oxygens (including phenoxy) is 4. The van der Waals surface area contributed by atoms with E-state index in [-0.39, 0.29) is 48.8 Å². The number of hydrogen-bond donors (Lipinski definition) is 3. The molecular formula is C38H50N4O8S2. The van der Waals surface area contributed by atoms with Gasteiger partial charge in [-0.15, -0.1) is 0 Å². The highest BCUT2D eigenvalue weighted by molar-refractivity contribution is 7.89. The van der Waals surface area contributed by atoms with E-state index in [0.29, 0.717) is 50.2 Å². The number of carbonyl (C=O) groups is 1. The van der Waals surface area contributed by atoms with E-state index < -0.39 is 28.3 Å². The summed E-state index contributed by atoms with van der Waals surface area (Å²) in [7, 11) is -4.10. The number of alkyl carbamates (subject to hydrolysis) is 1. The number of anilines is 1. The molecule has 4 heterocycles. The predicted octanol–water partition coefficient (Wildman–Crippen LogP) is 5.44. The minimum atomic E-state index is -4.10. The smallest absolute Gasteiger partial charge is 0.407 e. The van der Waals surface area contributed by atoms with E-state index in [2.05, 4.69) is 10.6 Å². The number of aliphatic hydroxyl groups excluding tert-OH is 1. The number of nitrogens with zero attached hydrogens (tertiary/aromatic N) is 2. The van der Waals surface area contributed by atoms with Crippen LogP contribution in [0.5, 0.6) is 0 Å². The number of β-amino-alcohol motifs (C(OH)–C–C–N with tert-alkyl or cyclic N) is 1. The average molecular weight is 755 g/mol. The molecule has 0 bridgehead atoms. The summed E-state index contributed by atoms with van der Waals surface area (Å²) in [5, 5.41) is 19.1. The average Bonchev–Trinajstić information content (AvgIpc) is 3.55. The van der Waals surface area contributed by atoms with Crippen molar-refractivity contribution in [1.82, 2.24) is 14.6 Å². The summed E-state index contributed by atoms with van der Waals surface area (Å²) in [5.41, 5.74) is 2.20. The van der Waals surface area contributed by atoms with Gasteiger partial charge in [0.2, 0.25) is 10.0 Å². The zero-order valence-electron chi connectivity index (χ0n) is 29.5. The van der Waals surface area contributed by atoms with E-state index in [1.165, 1.54) is 15.6 Å².